The summed E-state index contributed by atoms with van der Waals surface area (Å²) in [6.45, 7) is 3.88. The zero-order valence-corrected chi connectivity index (χ0v) is 27.6. The molecule has 3 aliphatic rings. The minimum Gasteiger partial charge on any atom is -0.480 e. The van der Waals surface area contributed by atoms with Crippen molar-refractivity contribution >= 4 is 99.4 Å². The lowest BCUT2D eigenvalue weighted by Gasteiger charge is -2.31. The molecule has 4 aromatic heterocycles. The number of Topliss-reactive ketones (excluding diaryl/α,β-unsaturated/α-hetero) is 4. The molecule has 236 valence electrons. The van der Waals surface area contributed by atoms with Crippen LogP contribution < -0.4 is 4.74 Å². The molecule has 5 nitrogen and oxygen atoms in total. The monoisotopic (exact) mass is 718 g/mol. The van der Waals surface area contributed by atoms with Gasteiger partial charge in [0.1, 0.15) is 5.60 Å². The zero-order chi connectivity index (χ0) is 33.5. The first-order valence-corrected chi connectivity index (χ1v) is 17.5. The summed E-state index contributed by atoms with van der Waals surface area (Å²) >= 11 is 5.77. The lowest BCUT2D eigenvalue weighted by atomic mass is 9.95. The fourth-order valence-corrected chi connectivity index (χ4v) is 11.8. The van der Waals surface area contributed by atoms with Gasteiger partial charge in [0.25, 0.3) is 0 Å². The molecule has 13 heteroatoms. The molecule has 9 rings (SSSR count). The Kier molecular flexibility index (Phi) is 6.01. The van der Waals surface area contributed by atoms with E-state index in [4.69, 9.17) is 4.74 Å². The van der Waals surface area contributed by atoms with Crippen molar-refractivity contribution in [3.63, 3.8) is 0 Å². The van der Waals surface area contributed by atoms with Gasteiger partial charge in [-0.3, -0.25) is 19.2 Å². The largest absolute Gasteiger partial charge is 0.480 e. The van der Waals surface area contributed by atoms with Crippen molar-refractivity contribution in [2.24, 2.45) is 0 Å². The third-order valence-corrected chi connectivity index (χ3v) is 13.4. The van der Waals surface area contributed by atoms with Gasteiger partial charge in [-0.25, -0.2) is 17.6 Å². The number of ketones is 4. The van der Waals surface area contributed by atoms with E-state index < -0.39 is 52.0 Å². The van der Waals surface area contributed by atoms with Gasteiger partial charge in [0.15, 0.2) is 52.2 Å². The Morgan fingerprint density at radius 1 is 0.562 bits per heavy atom. The van der Waals surface area contributed by atoms with Gasteiger partial charge in [0.2, 0.25) is 0 Å². The molecule has 48 heavy (non-hydrogen) atoms. The van der Waals surface area contributed by atoms with Gasteiger partial charge in [-0.15, -0.1) is 45.3 Å². The Morgan fingerprint density at radius 2 is 0.958 bits per heavy atom. The van der Waals surface area contributed by atoms with Crippen molar-refractivity contribution in [3.05, 3.63) is 108 Å². The van der Waals surface area contributed by atoms with Gasteiger partial charge in [-0.05, 0) is 62.4 Å². The fraction of sp³-hybridized carbons (Fsp3) is 0.0857. The predicted octanol–water partition coefficient (Wildman–Crippen LogP) is 10.0. The first-order chi connectivity index (χ1) is 22.8. The predicted molar refractivity (Wildman–Crippen MR) is 178 cm³/mol. The molecule has 0 saturated heterocycles. The zero-order valence-electron chi connectivity index (χ0n) is 24.3. The molecule has 0 unspecified atom stereocenters. The number of carbonyl (C=O) groups excluding carboxylic acids is 4. The average molecular weight is 719 g/mol. The number of allylic oxidation sites excluding steroid dienone is 2. The molecule has 0 N–H and O–H groups in total. The molecule has 0 spiro atoms. The molecule has 5 heterocycles. The minimum atomic E-state index is -1.19. The molecule has 1 aliphatic heterocycles. The summed E-state index contributed by atoms with van der Waals surface area (Å²) in [6, 6.07) is 6.76. The van der Waals surface area contributed by atoms with Crippen molar-refractivity contribution in [1.82, 2.24) is 0 Å². The summed E-state index contributed by atoms with van der Waals surface area (Å²) in [6.07, 6.45) is 2.92. The summed E-state index contributed by atoms with van der Waals surface area (Å²) < 4.78 is 65.3. The number of thiophene rings is 4. The van der Waals surface area contributed by atoms with E-state index in [1.165, 1.54) is 46.2 Å². The van der Waals surface area contributed by atoms with E-state index in [-0.39, 0.29) is 33.4 Å². The lowest BCUT2D eigenvalue weighted by molar-refractivity contribution is 0.0975. The van der Waals surface area contributed by atoms with E-state index in [2.05, 4.69) is 0 Å². The van der Waals surface area contributed by atoms with Crippen molar-refractivity contribution < 1.29 is 41.5 Å². The van der Waals surface area contributed by atoms with Crippen LogP contribution in [0.3, 0.4) is 0 Å². The van der Waals surface area contributed by atoms with E-state index in [1.54, 1.807) is 11.3 Å². The van der Waals surface area contributed by atoms with E-state index in [0.717, 1.165) is 58.4 Å². The fourth-order valence-electron chi connectivity index (χ4n) is 6.37. The smallest absolute Gasteiger partial charge is 0.197 e. The Balaban J connectivity index is 1.08. The molecule has 0 amide bonds. The molecule has 2 aromatic carbocycles. The van der Waals surface area contributed by atoms with Crippen LogP contribution in [0.1, 0.15) is 70.6 Å². The topological polar surface area (TPSA) is 77.5 Å². The first kappa shape index (κ1) is 29.6. The van der Waals surface area contributed by atoms with Gasteiger partial charge in [0.05, 0.1) is 35.0 Å². The normalized spacial score (nSPS) is 16.1. The highest BCUT2D eigenvalue weighted by atomic mass is 32.1. The maximum atomic E-state index is 13.8. The van der Waals surface area contributed by atoms with Crippen molar-refractivity contribution in [1.29, 1.82) is 0 Å². The third-order valence-electron chi connectivity index (χ3n) is 8.54. The van der Waals surface area contributed by atoms with Crippen LogP contribution in [0, 0.1) is 23.3 Å². The average Bonchev–Trinajstić information content (AvgIpc) is 3.84. The second-order valence-corrected chi connectivity index (χ2v) is 16.2. The number of carbonyl (C=O) groups is 4. The Hall–Kier alpha value is -4.56. The molecule has 0 saturated carbocycles. The highest BCUT2D eigenvalue weighted by molar-refractivity contribution is 7.35. The maximum Gasteiger partial charge on any atom is 0.197 e. The summed E-state index contributed by atoms with van der Waals surface area (Å²) in [7, 11) is 0. The number of ether oxygens (including phenoxy) is 1. The van der Waals surface area contributed by atoms with Crippen molar-refractivity contribution in [3.8, 4) is 15.5 Å². The maximum absolute atomic E-state index is 13.8. The number of rotatable bonds is 2. The number of hydrogen-bond donors (Lipinski definition) is 0. The number of fused-ring (bicyclic) bond motifs is 9. The van der Waals surface area contributed by atoms with Gasteiger partial charge < -0.3 is 4.74 Å². The highest BCUT2D eigenvalue weighted by Crippen LogP contribution is 2.60. The molecule has 2 aliphatic carbocycles. The Labute approximate surface area is 283 Å². The van der Waals surface area contributed by atoms with E-state index >= 15 is 0 Å². The summed E-state index contributed by atoms with van der Waals surface area (Å²) in [5.41, 5.74) is -0.768. The van der Waals surface area contributed by atoms with Gasteiger partial charge >= 0.3 is 0 Å². The number of benzene rings is 2. The SMILES string of the molecule is CC1(C)Oc2c(sc3cc(C=C4C(=O)c5cc(F)c(F)cc5C4=O)sc23)-c2sc3cc(C=C4C(=O)c5cc(F)c(F)cc5C4=O)sc3c21. The van der Waals surface area contributed by atoms with E-state index in [1.807, 2.05) is 26.0 Å². The van der Waals surface area contributed by atoms with Crippen LogP contribution in [-0.4, -0.2) is 23.1 Å². The second-order valence-electron chi connectivity index (χ2n) is 11.9. The van der Waals surface area contributed by atoms with Gasteiger partial charge in [-0.1, -0.05) is 0 Å². The Bertz CT molecular complexity index is 2560. The van der Waals surface area contributed by atoms with E-state index in [9.17, 15) is 36.7 Å². The highest BCUT2D eigenvalue weighted by Gasteiger charge is 2.41. The summed E-state index contributed by atoms with van der Waals surface area (Å²) in [5, 5.41) is 0. The van der Waals surface area contributed by atoms with Crippen LogP contribution >= 0.6 is 45.3 Å². The molecule has 0 radical (unpaired) electrons. The van der Waals surface area contributed by atoms with Gasteiger partial charge in [0, 0.05) is 42.3 Å². The van der Waals surface area contributed by atoms with Crippen LogP contribution in [0.25, 0.3) is 40.7 Å². The molecule has 6 aromatic rings. The van der Waals surface area contributed by atoms with Crippen LogP contribution in [0.2, 0.25) is 0 Å². The van der Waals surface area contributed by atoms with Crippen LogP contribution in [0.15, 0.2) is 47.5 Å². The summed E-state index contributed by atoms with van der Waals surface area (Å²) in [5.74, 6) is -6.70. The third kappa shape index (κ3) is 3.98. The van der Waals surface area contributed by atoms with Crippen LogP contribution in [0.4, 0.5) is 17.6 Å². The molecule has 0 fully saturated rings. The minimum absolute atomic E-state index is 0.149. The van der Waals surface area contributed by atoms with Crippen LogP contribution in [-0.2, 0) is 5.60 Å². The lowest BCUT2D eigenvalue weighted by Crippen LogP contribution is -2.27. The quantitative estimate of drug-likeness (QED) is 0.101. The second kappa shape index (κ2) is 9.75. The standard InChI is InChI=1S/C35H14F4O5S4/c1-35(2)25-31-23(5-11(45-31)3-17-26(40)13-7-19(36)20(37)8-14(13)27(17)41)47-33(25)34-30(44-35)32-24(48-34)6-12(46-32)4-18-28(42)15-9-21(38)22(39)10-16(15)29(18)43/h3-10H,1-2H3. The number of halogens is 4. The molecule has 0 atom stereocenters. The van der Waals surface area contributed by atoms with Gasteiger partial charge in [-0.2, -0.15) is 0 Å². The van der Waals surface area contributed by atoms with Crippen molar-refractivity contribution in [2.75, 3.05) is 0 Å². The molecular formula is C35H14F4O5S4. The molecule has 0 bridgehead atoms. The van der Waals surface area contributed by atoms with E-state index in [0.29, 0.717) is 15.5 Å². The molecular weight excluding hydrogens is 705 g/mol. The number of hydrogen-bond acceptors (Lipinski definition) is 9. The Morgan fingerprint density at radius 3 is 1.42 bits per heavy atom. The van der Waals surface area contributed by atoms with Crippen LogP contribution in [0.5, 0.6) is 5.75 Å². The summed E-state index contributed by atoms with van der Waals surface area (Å²) in [4.78, 5) is 54.9. The van der Waals surface area contributed by atoms with Crippen molar-refractivity contribution in [2.45, 2.75) is 19.4 Å². The first-order valence-electron chi connectivity index (χ1n) is 14.2.